The van der Waals surface area contributed by atoms with Crippen LogP contribution in [-0.2, 0) is 14.3 Å². The van der Waals surface area contributed by atoms with Gasteiger partial charge in [-0.2, -0.15) is 0 Å². The van der Waals surface area contributed by atoms with Gasteiger partial charge in [0.15, 0.2) is 12.2 Å². The number of carboxylic acids is 1. The Labute approximate surface area is 88.8 Å². The smallest absolute Gasteiger partial charge is 0.336 e. The molecule has 0 radical (unpaired) electrons. The van der Waals surface area contributed by atoms with E-state index in [1.54, 1.807) is 0 Å². The molecular weight excluding hydrogens is 198 g/mol. The molecular formula is C10H17NO4. The molecule has 1 aliphatic rings. The number of nitrogens with one attached hydrogen (secondary N) is 1. The van der Waals surface area contributed by atoms with E-state index in [4.69, 9.17) is 9.84 Å². The Morgan fingerprint density at radius 2 is 1.87 bits per heavy atom. The lowest BCUT2D eigenvalue weighted by Crippen LogP contribution is -2.44. The summed E-state index contributed by atoms with van der Waals surface area (Å²) in [5.74, 6) is -1.43. The summed E-state index contributed by atoms with van der Waals surface area (Å²) in [4.78, 5) is 21.9. The molecule has 1 saturated heterocycles. The predicted molar refractivity (Wildman–Crippen MR) is 53.4 cm³/mol. The minimum Gasteiger partial charge on any atom is -0.479 e. The molecule has 5 heteroatoms. The lowest BCUT2D eigenvalue weighted by molar-refractivity contribution is -0.138. The SMILES string of the molecule is CC(NC(=O)C1OC1C(=O)O)C(C)(C)C. The van der Waals surface area contributed by atoms with Crippen LogP contribution in [0.3, 0.4) is 0 Å². The molecule has 5 nitrogen and oxygen atoms in total. The number of carboxylic acid groups (broad SMARTS) is 1. The van der Waals surface area contributed by atoms with Crippen molar-refractivity contribution in [2.75, 3.05) is 0 Å². The van der Waals surface area contributed by atoms with Gasteiger partial charge in [0, 0.05) is 6.04 Å². The van der Waals surface area contributed by atoms with Crippen LogP contribution in [0.1, 0.15) is 27.7 Å². The number of carbonyl (C=O) groups excluding carboxylic acids is 1. The van der Waals surface area contributed by atoms with Crippen molar-refractivity contribution in [3.05, 3.63) is 0 Å². The third-order valence-corrected chi connectivity index (χ3v) is 2.65. The van der Waals surface area contributed by atoms with Crippen LogP contribution in [0.25, 0.3) is 0 Å². The van der Waals surface area contributed by atoms with Gasteiger partial charge in [0.1, 0.15) is 0 Å². The van der Waals surface area contributed by atoms with Crippen LogP contribution < -0.4 is 5.32 Å². The number of hydrogen-bond acceptors (Lipinski definition) is 3. The highest BCUT2D eigenvalue weighted by atomic mass is 16.6. The van der Waals surface area contributed by atoms with Gasteiger partial charge < -0.3 is 15.2 Å². The Balaban J connectivity index is 2.42. The number of rotatable bonds is 3. The maximum atomic E-state index is 11.5. The van der Waals surface area contributed by atoms with Gasteiger partial charge in [0.2, 0.25) is 0 Å². The van der Waals surface area contributed by atoms with E-state index in [0.29, 0.717) is 0 Å². The van der Waals surface area contributed by atoms with Crippen molar-refractivity contribution in [3.63, 3.8) is 0 Å². The summed E-state index contributed by atoms with van der Waals surface area (Å²) in [7, 11) is 0. The molecule has 0 bridgehead atoms. The summed E-state index contributed by atoms with van der Waals surface area (Å²) >= 11 is 0. The molecule has 1 rings (SSSR count). The van der Waals surface area contributed by atoms with E-state index in [0.717, 1.165) is 0 Å². The summed E-state index contributed by atoms with van der Waals surface area (Å²) in [6.45, 7) is 7.89. The van der Waals surface area contributed by atoms with E-state index in [9.17, 15) is 9.59 Å². The number of ether oxygens (including phenoxy) is 1. The maximum Gasteiger partial charge on any atom is 0.336 e. The first kappa shape index (κ1) is 12.0. The Morgan fingerprint density at radius 1 is 1.33 bits per heavy atom. The zero-order chi connectivity index (χ0) is 11.8. The number of amides is 1. The Bertz CT molecular complexity index is 282. The summed E-state index contributed by atoms with van der Waals surface area (Å²) < 4.78 is 4.74. The van der Waals surface area contributed by atoms with Gasteiger partial charge in [-0.05, 0) is 12.3 Å². The highest BCUT2D eigenvalue weighted by Gasteiger charge is 2.51. The third kappa shape index (κ3) is 2.92. The van der Waals surface area contributed by atoms with E-state index in [2.05, 4.69) is 5.32 Å². The van der Waals surface area contributed by atoms with Gasteiger partial charge in [-0.3, -0.25) is 4.79 Å². The zero-order valence-corrected chi connectivity index (χ0v) is 9.40. The van der Waals surface area contributed by atoms with Gasteiger partial charge >= 0.3 is 5.97 Å². The molecule has 1 heterocycles. The number of hydrogen-bond donors (Lipinski definition) is 2. The molecule has 3 unspecified atom stereocenters. The first-order valence-electron chi connectivity index (χ1n) is 4.92. The van der Waals surface area contributed by atoms with Crippen molar-refractivity contribution in [3.8, 4) is 0 Å². The van der Waals surface area contributed by atoms with Crippen LogP contribution in [0.2, 0.25) is 0 Å². The molecule has 1 amide bonds. The lowest BCUT2D eigenvalue weighted by atomic mass is 9.88. The standard InChI is InChI=1S/C10H17NO4/c1-5(10(2,3)4)11-8(12)6-7(15-6)9(13)14/h5-7H,1-4H3,(H,11,12)(H,13,14). The molecule has 0 aliphatic carbocycles. The van der Waals surface area contributed by atoms with Crippen molar-refractivity contribution in [1.82, 2.24) is 5.32 Å². The molecule has 86 valence electrons. The van der Waals surface area contributed by atoms with Gasteiger partial charge in [0.05, 0.1) is 0 Å². The molecule has 1 aliphatic heterocycles. The van der Waals surface area contributed by atoms with E-state index in [1.165, 1.54) is 0 Å². The quantitative estimate of drug-likeness (QED) is 0.667. The van der Waals surface area contributed by atoms with E-state index >= 15 is 0 Å². The van der Waals surface area contributed by atoms with Crippen molar-refractivity contribution in [1.29, 1.82) is 0 Å². The third-order valence-electron chi connectivity index (χ3n) is 2.65. The first-order valence-corrected chi connectivity index (χ1v) is 4.92. The summed E-state index contributed by atoms with van der Waals surface area (Å²) in [5, 5.41) is 11.3. The van der Waals surface area contributed by atoms with Crippen molar-refractivity contribution in [2.24, 2.45) is 5.41 Å². The Morgan fingerprint density at radius 3 is 2.20 bits per heavy atom. The fourth-order valence-corrected chi connectivity index (χ4v) is 1.01. The van der Waals surface area contributed by atoms with Crippen LogP contribution in [0.5, 0.6) is 0 Å². The lowest BCUT2D eigenvalue weighted by Gasteiger charge is -2.27. The molecule has 2 N–H and O–H groups in total. The van der Waals surface area contributed by atoms with Crippen LogP contribution in [0, 0.1) is 5.41 Å². The van der Waals surface area contributed by atoms with Crippen molar-refractivity contribution in [2.45, 2.75) is 45.9 Å². The van der Waals surface area contributed by atoms with Crippen LogP contribution >= 0.6 is 0 Å². The fourth-order valence-electron chi connectivity index (χ4n) is 1.01. The van der Waals surface area contributed by atoms with Crippen LogP contribution in [0.15, 0.2) is 0 Å². The van der Waals surface area contributed by atoms with Crippen LogP contribution in [-0.4, -0.2) is 35.2 Å². The van der Waals surface area contributed by atoms with E-state index in [-0.39, 0.29) is 17.4 Å². The van der Waals surface area contributed by atoms with Gasteiger partial charge in [0.25, 0.3) is 5.91 Å². The Hall–Kier alpha value is -1.10. The largest absolute Gasteiger partial charge is 0.479 e. The maximum absolute atomic E-state index is 11.5. The second-order valence-electron chi connectivity index (χ2n) is 4.91. The number of epoxide rings is 1. The zero-order valence-electron chi connectivity index (χ0n) is 9.40. The minimum atomic E-state index is -1.08. The average molecular weight is 215 g/mol. The van der Waals surface area contributed by atoms with Crippen molar-refractivity contribution < 1.29 is 19.4 Å². The van der Waals surface area contributed by atoms with E-state index in [1.807, 2.05) is 27.7 Å². The van der Waals surface area contributed by atoms with Crippen molar-refractivity contribution >= 4 is 11.9 Å². The molecule has 15 heavy (non-hydrogen) atoms. The summed E-state index contributed by atoms with van der Waals surface area (Å²) in [6.07, 6.45) is -1.77. The molecule has 1 fully saturated rings. The second kappa shape index (κ2) is 3.81. The minimum absolute atomic E-state index is 0.0244. The molecule has 0 spiro atoms. The monoisotopic (exact) mass is 215 g/mol. The fraction of sp³-hybridized carbons (Fsp3) is 0.800. The summed E-state index contributed by atoms with van der Waals surface area (Å²) in [6, 6.07) is -0.0244. The number of carbonyl (C=O) groups is 2. The summed E-state index contributed by atoms with van der Waals surface area (Å²) in [5.41, 5.74) is -0.0523. The van der Waals surface area contributed by atoms with Gasteiger partial charge in [-0.1, -0.05) is 20.8 Å². The molecule has 0 saturated carbocycles. The number of aliphatic carboxylic acids is 1. The van der Waals surface area contributed by atoms with Gasteiger partial charge in [-0.15, -0.1) is 0 Å². The molecule has 3 atom stereocenters. The Kier molecular flexibility index (Phi) is 3.04. The first-order chi connectivity index (χ1) is 6.73. The van der Waals surface area contributed by atoms with Gasteiger partial charge in [-0.25, -0.2) is 4.79 Å². The highest BCUT2D eigenvalue weighted by molar-refractivity contribution is 5.92. The predicted octanol–water partition coefficient (Wildman–Crippen LogP) is 0.389. The second-order valence-corrected chi connectivity index (χ2v) is 4.91. The molecule has 0 aromatic carbocycles. The topological polar surface area (TPSA) is 78.9 Å². The van der Waals surface area contributed by atoms with Crippen LogP contribution in [0.4, 0.5) is 0 Å². The normalized spacial score (nSPS) is 26.9. The molecule has 0 aromatic rings. The van der Waals surface area contributed by atoms with E-state index < -0.39 is 18.2 Å². The molecule has 0 aromatic heterocycles. The highest BCUT2D eigenvalue weighted by Crippen LogP contribution is 2.24. The average Bonchev–Trinajstić information content (AvgIpc) is 2.80.